The predicted molar refractivity (Wildman–Crippen MR) is 81.2 cm³/mol. The first-order valence-corrected chi connectivity index (χ1v) is 7.18. The Hall–Kier alpha value is -1.87. The molecule has 1 fully saturated rings. The lowest BCUT2D eigenvalue weighted by atomic mass is 9.77. The number of fused-ring (bicyclic) bond motifs is 1. The molecule has 1 amide bonds. The van der Waals surface area contributed by atoms with E-state index in [1.54, 1.807) is 0 Å². The van der Waals surface area contributed by atoms with Gasteiger partial charge in [-0.25, -0.2) is 5.84 Å². The Bertz CT molecular complexity index is 657. The number of carbonyl (C=O) groups is 1. The highest BCUT2D eigenvalue weighted by atomic mass is 16.2. The van der Waals surface area contributed by atoms with Crippen LogP contribution in [0.25, 0.3) is 10.8 Å². The summed E-state index contributed by atoms with van der Waals surface area (Å²) < 4.78 is 0. The maximum Gasteiger partial charge on any atom is 0.244 e. The Labute approximate surface area is 119 Å². The molecule has 2 aromatic rings. The van der Waals surface area contributed by atoms with E-state index >= 15 is 0 Å². The molecule has 0 aliphatic heterocycles. The van der Waals surface area contributed by atoms with Crippen LogP contribution in [0, 0.1) is 6.92 Å². The summed E-state index contributed by atoms with van der Waals surface area (Å²) in [5.74, 6) is 5.35. The number of benzene rings is 2. The Balaban J connectivity index is 2.12. The number of nitrogens with one attached hydrogen (secondary N) is 1. The SMILES string of the molecule is Cc1ccc2cc(C3(C(=O)NN)CCCC3)ccc2c1. The van der Waals surface area contributed by atoms with Crippen LogP contribution in [0.4, 0.5) is 0 Å². The molecule has 0 radical (unpaired) electrons. The first-order chi connectivity index (χ1) is 9.65. The lowest BCUT2D eigenvalue weighted by Gasteiger charge is -2.27. The fourth-order valence-corrected chi connectivity index (χ4v) is 3.43. The number of aryl methyl sites for hydroxylation is 1. The molecule has 1 aliphatic rings. The van der Waals surface area contributed by atoms with Crippen molar-refractivity contribution in [2.45, 2.75) is 38.0 Å². The molecule has 3 N–H and O–H groups in total. The summed E-state index contributed by atoms with van der Waals surface area (Å²) in [6, 6.07) is 12.7. The highest BCUT2D eigenvalue weighted by molar-refractivity contribution is 5.91. The topological polar surface area (TPSA) is 55.1 Å². The molecular formula is C17H20N2O. The van der Waals surface area contributed by atoms with E-state index < -0.39 is 5.41 Å². The fraction of sp³-hybridized carbons (Fsp3) is 0.353. The third-order valence-electron chi connectivity index (χ3n) is 4.57. The molecule has 0 bridgehead atoms. The normalized spacial score (nSPS) is 17.3. The zero-order chi connectivity index (χ0) is 14.2. The molecule has 0 aromatic heterocycles. The van der Waals surface area contributed by atoms with Gasteiger partial charge in [-0.2, -0.15) is 0 Å². The van der Waals surface area contributed by atoms with Crippen LogP contribution in [0.3, 0.4) is 0 Å². The van der Waals surface area contributed by atoms with Crippen molar-refractivity contribution in [3.8, 4) is 0 Å². The van der Waals surface area contributed by atoms with Crippen LogP contribution >= 0.6 is 0 Å². The van der Waals surface area contributed by atoms with Gasteiger partial charge < -0.3 is 0 Å². The highest BCUT2D eigenvalue weighted by Gasteiger charge is 2.42. The van der Waals surface area contributed by atoms with Gasteiger partial charge in [0.2, 0.25) is 5.91 Å². The Morgan fingerprint density at radius 3 is 2.45 bits per heavy atom. The molecule has 104 valence electrons. The van der Waals surface area contributed by atoms with E-state index in [-0.39, 0.29) is 5.91 Å². The van der Waals surface area contributed by atoms with Gasteiger partial charge in [0.1, 0.15) is 0 Å². The quantitative estimate of drug-likeness (QED) is 0.500. The first kappa shape index (κ1) is 13.1. The van der Waals surface area contributed by atoms with E-state index in [1.165, 1.54) is 16.3 Å². The van der Waals surface area contributed by atoms with Crippen molar-refractivity contribution in [2.24, 2.45) is 5.84 Å². The van der Waals surface area contributed by atoms with Crippen LogP contribution in [0.5, 0.6) is 0 Å². The molecule has 2 aromatic carbocycles. The Morgan fingerprint density at radius 1 is 1.10 bits per heavy atom. The smallest absolute Gasteiger partial charge is 0.244 e. The van der Waals surface area contributed by atoms with Crippen LogP contribution in [0.15, 0.2) is 36.4 Å². The number of hydrogen-bond donors (Lipinski definition) is 2. The molecule has 20 heavy (non-hydrogen) atoms. The summed E-state index contributed by atoms with van der Waals surface area (Å²) in [5.41, 5.74) is 4.27. The summed E-state index contributed by atoms with van der Waals surface area (Å²) in [4.78, 5) is 12.3. The van der Waals surface area contributed by atoms with Crippen LogP contribution < -0.4 is 11.3 Å². The highest BCUT2D eigenvalue weighted by Crippen LogP contribution is 2.42. The minimum Gasteiger partial charge on any atom is -0.293 e. The second-order valence-corrected chi connectivity index (χ2v) is 5.83. The van der Waals surface area contributed by atoms with Gasteiger partial charge >= 0.3 is 0 Å². The van der Waals surface area contributed by atoms with Crippen molar-refractivity contribution in [3.05, 3.63) is 47.5 Å². The second-order valence-electron chi connectivity index (χ2n) is 5.83. The van der Waals surface area contributed by atoms with E-state index in [1.807, 2.05) is 0 Å². The van der Waals surface area contributed by atoms with Gasteiger partial charge in [-0.05, 0) is 36.1 Å². The van der Waals surface area contributed by atoms with Crippen LogP contribution in [0.2, 0.25) is 0 Å². The second kappa shape index (κ2) is 4.91. The van der Waals surface area contributed by atoms with Crippen molar-refractivity contribution in [1.82, 2.24) is 5.43 Å². The van der Waals surface area contributed by atoms with Crippen LogP contribution in [-0.2, 0) is 10.2 Å². The summed E-state index contributed by atoms with van der Waals surface area (Å²) in [6.07, 6.45) is 3.93. The van der Waals surface area contributed by atoms with Crippen LogP contribution in [-0.4, -0.2) is 5.91 Å². The molecule has 3 rings (SSSR count). The Kier molecular flexibility index (Phi) is 3.22. The average molecular weight is 268 g/mol. The number of rotatable bonds is 2. The van der Waals surface area contributed by atoms with Gasteiger partial charge in [0.25, 0.3) is 0 Å². The van der Waals surface area contributed by atoms with Gasteiger partial charge in [-0.1, -0.05) is 54.8 Å². The molecule has 3 heteroatoms. The van der Waals surface area contributed by atoms with Gasteiger partial charge in [-0.3, -0.25) is 10.2 Å². The molecule has 0 spiro atoms. The fourth-order valence-electron chi connectivity index (χ4n) is 3.43. The first-order valence-electron chi connectivity index (χ1n) is 7.18. The average Bonchev–Trinajstić information content (AvgIpc) is 2.96. The van der Waals surface area contributed by atoms with Crippen molar-refractivity contribution < 1.29 is 4.79 Å². The summed E-state index contributed by atoms with van der Waals surface area (Å²) >= 11 is 0. The van der Waals surface area contributed by atoms with Crippen molar-refractivity contribution >= 4 is 16.7 Å². The minimum absolute atomic E-state index is 0.0542. The van der Waals surface area contributed by atoms with E-state index in [4.69, 9.17) is 5.84 Å². The standard InChI is InChI=1S/C17H20N2O/c1-12-4-5-14-11-15(7-6-13(14)10-12)17(16(20)19-18)8-2-3-9-17/h4-7,10-11H,2-3,8-9,18H2,1H3,(H,19,20). The maximum absolute atomic E-state index is 12.3. The van der Waals surface area contributed by atoms with Crippen molar-refractivity contribution in [1.29, 1.82) is 0 Å². The van der Waals surface area contributed by atoms with E-state index in [0.29, 0.717) is 0 Å². The predicted octanol–water partition coefficient (Wildman–Crippen LogP) is 2.95. The summed E-state index contributed by atoms with van der Waals surface area (Å²) in [6.45, 7) is 2.09. The van der Waals surface area contributed by atoms with Gasteiger partial charge in [0, 0.05) is 0 Å². The monoisotopic (exact) mass is 268 g/mol. The number of hydrazine groups is 1. The minimum atomic E-state index is -0.437. The van der Waals surface area contributed by atoms with Crippen LogP contribution in [0.1, 0.15) is 36.8 Å². The molecule has 1 aliphatic carbocycles. The third kappa shape index (κ3) is 1.98. The van der Waals surface area contributed by atoms with Crippen molar-refractivity contribution in [2.75, 3.05) is 0 Å². The lowest BCUT2D eigenvalue weighted by molar-refractivity contribution is -0.126. The van der Waals surface area contributed by atoms with E-state index in [9.17, 15) is 4.79 Å². The van der Waals surface area contributed by atoms with Gasteiger partial charge in [0.15, 0.2) is 0 Å². The lowest BCUT2D eigenvalue weighted by Crippen LogP contribution is -2.45. The number of hydrogen-bond acceptors (Lipinski definition) is 2. The Morgan fingerprint density at radius 2 is 1.75 bits per heavy atom. The molecule has 3 nitrogen and oxygen atoms in total. The van der Waals surface area contributed by atoms with Crippen molar-refractivity contribution in [3.63, 3.8) is 0 Å². The van der Waals surface area contributed by atoms with E-state index in [2.05, 4.69) is 48.7 Å². The molecule has 1 saturated carbocycles. The largest absolute Gasteiger partial charge is 0.293 e. The summed E-state index contributed by atoms with van der Waals surface area (Å²) in [5, 5.41) is 2.40. The maximum atomic E-state index is 12.3. The number of nitrogens with two attached hydrogens (primary N) is 1. The van der Waals surface area contributed by atoms with E-state index in [0.717, 1.165) is 31.2 Å². The molecule has 0 unspecified atom stereocenters. The number of carbonyl (C=O) groups excluding carboxylic acids is 1. The summed E-state index contributed by atoms with van der Waals surface area (Å²) in [7, 11) is 0. The van der Waals surface area contributed by atoms with Gasteiger partial charge in [-0.15, -0.1) is 0 Å². The molecular weight excluding hydrogens is 248 g/mol. The zero-order valence-electron chi connectivity index (χ0n) is 11.8. The zero-order valence-corrected chi connectivity index (χ0v) is 11.8. The van der Waals surface area contributed by atoms with Gasteiger partial charge in [0.05, 0.1) is 5.41 Å². The molecule has 0 saturated heterocycles. The number of amides is 1. The molecule has 0 atom stereocenters. The molecule has 0 heterocycles. The third-order valence-corrected chi connectivity index (χ3v) is 4.57.